The van der Waals surface area contributed by atoms with E-state index in [1.54, 1.807) is 60.7 Å². The van der Waals surface area contributed by atoms with Crippen LogP contribution in [0.3, 0.4) is 0 Å². The lowest BCUT2D eigenvalue weighted by Gasteiger charge is -2.40. The van der Waals surface area contributed by atoms with Crippen LogP contribution in [0.15, 0.2) is 102 Å². The lowest BCUT2D eigenvalue weighted by Crippen LogP contribution is -2.66. The van der Waals surface area contributed by atoms with E-state index in [4.69, 9.17) is 0 Å². The highest BCUT2D eigenvalue weighted by molar-refractivity contribution is 7.92. The van der Waals surface area contributed by atoms with Gasteiger partial charge in [-0.25, -0.2) is 21.6 Å². The Hall–Kier alpha value is -3.99. The molecule has 1 heterocycles. The van der Waals surface area contributed by atoms with Crippen molar-refractivity contribution in [2.75, 3.05) is 18.4 Å². The second kappa shape index (κ2) is 13.3. The molecule has 4 aromatic carbocycles. The minimum atomic E-state index is -3.89. The molecule has 3 N–H and O–H groups in total. The summed E-state index contributed by atoms with van der Waals surface area (Å²) in [4.78, 5) is 12.2. The lowest BCUT2D eigenvalue weighted by atomic mass is 9.88. The first-order valence-corrected chi connectivity index (χ1v) is 15.9. The minimum Gasteiger partial charge on any atom is -0.326 e. The third-order valence-corrected chi connectivity index (χ3v) is 10.6. The number of piperazine rings is 1. The summed E-state index contributed by atoms with van der Waals surface area (Å²) in [7, 11) is -3.89. The molecule has 1 amide bonds. The molecule has 1 saturated heterocycles. The van der Waals surface area contributed by atoms with Gasteiger partial charge < -0.3 is 10.6 Å². The Balaban J connectivity index is 1.39. The Morgan fingerprint density at radius 1 is 0.886 bits per heavy atom. The minimum absolute atomic E-state index is 0.0246. The number of hydrogen-bond acceptors (Lipinski definition) is 5. The first kappa shape index (κ1) is 31.4. The van der Waals surface area contributed by atoms with Crippen LogP contribution in [0.4, 0.5) is 18.9 Å². The molecule has 2 atom stereocenters. The van der Waals surface area contributed by atoms with Gasteiger partial charge in [-0.05, 0) is 79.4 Å². The highest BCUT2D eigenvalue weighted by atomic mass is 32.2. The van der Waals surface area contributed by atoms with Crippen LogP contribution in [0.25, 0.3) is 0 Å². The summed E-state index contributed by atoms with van der Waals surface area (Å²) in [6, 6.07) is 24.0. The summed E-state index contributed by atoms with van der Waals surface area (Å²) in [6.07, 6.45) is -0.0127. The number of amides is 1. The highest BCUT2D eigenvalue weighted by Crippen LogP contribution is 2.33. The summed E-state index contributed by atoms with van der Waals surface area (Å²) in [5, 5.41) is 9.29. The number of carbonyl (C=O) groups excluding carboxylic acids is 1. The van der Waals surface area contributed by atoms with E-state index < -0.39 is 44.0 Å². The van der Waals surface area contributed by atoms with Crippen molar-refractivity contribution < 1.29 is 26.4 Å². The van der Waals surface area contributed by atoms with Crippen molar-refractivity contribution in [2.24, 2.45) is 0 Å². The lowest BCUT2D eigenvalue weighted by molar-refractivity contribution is -0.116. The SMILES string of the molecule is C[C@H]1CN[C@@](CCc2c(F)cccc2NC(=O)CC(c2ccc(F)cc2)c2ccc(F)cc2)(S(=O)(=O)c2ccccc2)CN1. The van der Waals surface area contributed by atoms with E-state index in [-0.39, 0.29) is 48.0 Å². The van der Waals surface area contributed by atoms with E-state index in [9.17, 15) is 22.0 Å². The van der Waals surface area contributed by atoms with Gasteiger partial charge in [0.05, 0.1) is 4.90 Å². The largest absolute Gasteiger partial charge is 0.326 e. The summed E-state index contributed by atoms with van der Waals surface area (Å²) in [5.74, 6) is -2.38. The van der Waals surface area contributed by atoms with Crippen LogP contribution >= 0.6 is 0 Å². The number of benzene rings is 4. The predicted octanol–water partition coefficient (Wildman–Crippen LogP) is 5.95. The van der Waals surface area contributed by atoms with Gasteiger partial charge in [-0.15, -0.1) is 0 Å². The molecule has 6 nitrogen and oxygen atoms in total. The monoisotopic (exact) mass is 621 g/mol. The number of sulfone groups is 1. The second-order valence-corrected chi connectivity index (χ2v) is 13.4. The van der Waals surface area contributed by atoms with E-state index in [1.807, 2.05) is 6.92 Å². The summed E-state index contributed by atoms with van der Waals surface area (Å²) >= 11 is 0. The van der Waals surface area contributed by atoms with E-state index >= 15 is 4.39 Å². The van der Waals surface area contributed by atoms with Crippen LogP contribution < -0.4 is 16.0 Å². The van der Waals surface area contributed by atoms with Gasteiger partial charge in [0.2, 0.25) is 5.91 Å². The van der Waals surface area contributed by atoms with Crippen molar-refractivity contribution in [3.63, 3.8) is 0 Å². The first-order chi connectivity index (χ1) is 21.1. The van der Waals surface area contributed by atoms with Gasteiger partial charge >= 0.3 is 0 Å². The van der Waals surface area contributed by atoms with Gasteiger partial charge in [0.15, 0.2) is 9.84 Å². The zero-order valence-corrected chi connectivity index (χ0v) is 25.0. The third kappa shape index (κ3) is 6.88. The number of rotatable bonds is 10. The van der Waals surface area contributed by atoms with Crippen molar-refractivity contribution in [1.82, 2.24) is 10.6 Å². The zero-order valence-electron chi connectivity index (χ0n) is 24.2. The molecule has 4 aromatic rings. The zero-order chi connectivity index (χ0) is 31.3. The molecule has 0 unspecified atom stereocenters. The molecule has 0 saturated carbocycles. The molecule has 0 spiro atoms. The summed E-state index contributed by atoms with van der Waals surface area (Å²) in [6.45, 7) is 2.47. The van der Waals surface area contributed by atoms with Crippen LogP contribution in [-0.4, -0.2) is 38.3 Å². The molecule has 1 aliphatic rings. The van der Waals surface area contributed by atoms with Crippen molar-refractivity contribution in [1.29, 1.82) is 0 Å². The van der Waals surface area contributed by atoms with Crippen molar-refractivity contribution in [3.05, 3.63) is 131 Å². The molecule has 1 aliphatic heterocycles. The summed E-state index contributed by atoms with van der Waals surface area (Å²) in [5.41, 5.74) is 1.73. The van der Waals surface area contributed by atoms with Crippen LogP contribution in [0, 0.1) is 17.5 Å². The fourth-order valence-corrected chi connectivity index (χ4v) is 7.49. The van der Waals surface area contributed by atoms with E-state index in [0.29, 0.717) is 17.7 Å². The van der Waals surface area contributed by atoms with Crippen molar-refractivity contribution >= 4 is 21.4 Å². The Kier molecular flexibility index (Phi) is 9.53. The Labute approximate surface area is 255 Å². The number of anilines is 1. The van der Waals surface area contributed by atoms with Crippen molar-refractivity contribution in [3.8, 4) is 0 Å². The predicted molar refractivity (Wildman–Crippen MR) is 164 cm³/mol. The highest BCUT2D eigenvalue weighted by Gasteiger charge is 2.46. The molecule has 0 aliphatic carbocycles. The van der Waals surface area contributed by atoms with E-state index in [0.717, 1.165) is 0 Å². The molecule has 1 fully saturated rings. The fraction of sp³-hybridized carbons (Fsp3) is 0.265. The normalized spacial score (nSPS) is 18.7. The van der Waals surface area contributed by atoms with Crippen LogP contribution in [-0.2, 0) is 21.1 Å². The number of nitrogens with one attached hydrogen (secondary N) is 3. The second-order valence-electron chi connectivity index (χ2n) is 11.1. The van der Waals surface area contributed by atoms with Gasteiger partial charge in [0, 0.05) is 42.7 Å². The Morgan fingerprint density at radius 3 is 2.07 bits per heavy atom. The van der Waals surface area contributed by atoms with Gasteiger partial charge in [-0.1, -0.05) is 48.5 Å². The molecular formula is C34H34F3N3O3S. The molecule has 230 valence electrons. The first-order valence-electron chi connectivity index (χ1n) is 14.4. The smallest absolute Gasteiger partial charge is 0.225 e. The quantitative estimate of drug-likeness (QED) is 0.204. The number of halogens is 3. The average Bonchev–Trinajstić information content (AvgIpc) is 3.02. The average molecular weight is 622 g/mol. The molecule has 0 bridgehead atoms. The maximum Gasteiger partial charge on any atom is 0.225 e. The number of hydrogen-bond donors (Lipinski definition) is 3. The maximum atomic E-state index is 15.3. The topological polar surface area (TPSA) is 87.3 Å². The van der Waals surface area contributed by atoms with Crippen molar-refractivity contribution in [2.45, 2.75) is 47.9 Å². The van der Waals surface area contributed by atoms with E-state index in [2.05, 4.69) is 16.0 Å². The standard InChI is InChI=1S/C34H34F3N3O3S/c1-23-21-39-34(22-38-23,44(42,43)28-6-3-2-4-7-28)19-18-29-31(37)8-5-9-32(29)40-33(41)20-30(24-10-14-26(35)15-11-24)25-12-16-27(36)17-13-25/h2-17,23,30,38-39H,18-22H2,1H3,(H,40,41)/t23-,34-/m0/s1. The van der Waals surface area contributed by atoms with Gasteiger partial charge in [-0.2, -0.15) is 0 Å². The molecule has 44 heavy (non-hydrogen) atoms. The van der Waals surface area contributed by atoms with Crippen LogP contribution in [0.5, 0.6) is 0 Å². The Bertz CT molecular complexity index is 1650. The molecule has 0 aromatic heterocycles. The van der Waals surface area contributed by atoms with E-state index in [1.165, 1.54) is 36.4 Å². The molecule has 10 heteroatoms. The number of carbonyl (C=O) groups is 1. The van der Waals surface area contributed by atoms with Gasteiger partial charge in [-0.3, -0.25) is 10.1 Å². The molecule has 0 radical (unpaired) electrons. The van der Waals surface area contributed by atoms with Crippen LogP contribution in [0.1, 0.15) is 42.4 Å². The molecule has 5 rings (SSSR count). The summed E-state index contributed by atoms with van der Waals surface area (Å²) < 4.78 is 70.4. The van der Waals surface area contributed by atoms with Gasteiger partial charge in [0.1, 0.15) is 22.3 Å². The molecular weight excluding hydrogens is 587 g/mol. The maximum absolute atomic E-state index is 15.3. The van der Waals surface area contributed by atoms with Crippen LogP contribution in [0.2, 0.25) is 0 Å². The fourth-order valence-electron chi connectivity index (χ4n) is 5.60. The third-order valence-electron chi connectivity index (χ3n) is 8.14. The van der Waals surface area contributed by atoms with Gasteiger partial charge in [0.25, 0.3) is 0 Å². The Morgan fingerprint density at radius 2 is 1.50 bits per heavy atom.